The standard InChI is InChI=1S/C35H54BFN6O6/c1-9-27-35(7)29(43(32(46)49-35)16-11-10-15-42-20-26(40-41-42)24-13-12-14-25(38)17-24)23(4)39-19-21(2)18-33(5,47-8)28(36)22(3)30(44)34(6,37)31(45)48-27/h12-14,17,20-23,27-29,39H,9-11,15-16,18-19,36,38H2,1-8H3/t21-,22+,23-,27-,28-,29-,33-,34+,35-/m1/s1. The molecule has 1 aromatic carbocycles. The number of Topliss-reactive ketones (excluding diaryl/α,β-unsaturated/α-hetero) is 1. The molecule has 2 aliphatic rings. The lowest BCUT2D eigenvalue weighted by atomic mass is 9.62. The molecule has 0 spiro atoms. The molecule has 0 bridgehead atoms. The lowest BCUT2D eigenvalue weighted by Gasteiger charge is -2.41. The van der Waals surface area contributed by atoms with E-state index in [2.05, 4.69) is 22.6 Å². The second kappa shape index (κ2) is 15.2. The third-order valence-electron chi connectivity index (χ3n) is 10.9. The van der Waals surface area contributed by atoms with Crippen LogP contribution in [0, 0.1) is 11.8 Å². The summed E-state index contributed by atoms with van der Waals surface area (Å²) in [5, 5.41) is 12.1. The summed E-state index contributed by atoms with van der Waals surface area (Å²) in [6.07, 6.45) is 2.47. The van der Waals surface area contributed by atoms with Crippen LogP contribution in [0.3, 0.4) is 0 Å². The number of hydrogen-bond donors (Lipinski definition) is 2. The lowest BCUT2D eigenvalue weighted by molar-refractivity contribution is -0.179. The van der Waals surface area contributed by atoms with E-state index in [1.165, 1.54) is 0 Å². The van der Waals surface area contributed by atoms with Gasteiger partial charge in [-0.25, -0.2) is 14.0 Å². The number of ketones is 1. The maximum atomic E-state index is 16.2. The topological polar surface area (TPSA) is 151 Å². The monoisotopic (exact) mass is 684 g/mol. The Kier molecular flexibility index (Phi) is 11.8. The minimum absolute atomic E-state index is 0.0940. The van der Waals surface area contributed by atoms with E-state index in [1.54, 1.807) is 37.5 Å². The van der Waals surface area contributed by atoms with E-state index in [0.717, 1.165) is 18.2 Å². The fraction of sp³-hybridized carbons (Fsp3) is 0.686. The zero-order valence-electron chi connectivity index (χ0n) is 30.5. The maximum Gasteiger partial charge on any atom is 0.410 e. The summed E-state index contributed by atoms with van der Waals surface area (Å²) in [5.74, 6) is -3.28. The number of carbonyl (C=O) groups is 3. The van der Waals surface area contributed by atoms with Crippen LogP contribution in [-0.2, 0) is 30.3 Å². The van der Waals surface area contributed by atoms with Gasteiger partial charge in [-0.2, -0.15) is 0 Å². The molecule has 1 aromatic heterocycles. The first-order valence-corrected chi connectivity index (χ1v) is 17.5. The molecule has 0 saturated carbocycles. The highest BCUT2D eigenvalue weighted by Crippen LogP contribution is 2.41. The predicted molar refractivity (Wildman–Crippen MR) is 187 cm³/mol. The van der Waals surface area contributed by atoms with E-state index in [1.807, 2.05) is 52.2 Å². The third kappa shape index (κ3) is 7.95. The Bertz CT molecular complexity index is 1490. The molecule has 14 heteroatoms. The van der Waals surface area contributed by atoms with E-state index in [9.17, 15) is 14.4 Å². The van der Waals surface area contributed by atoms with Crippen molar-refractivity contribution in [1.82, 2.24) is 25.2 Å². The van der Waals surface area contributed by atoms with Crippen molar-refractivity contribution in [3.05, 3.63) is 30.5 Å². The molecule has 3 N–H and O–H groups in total. The van der Waals surface area contributed by atoms with Crippen LogP contribution < -0.4 is 11.1 Å². The molecule has 270 valence electrons. The van der Waals surface area contributed by atoms with Gasteiger partial charge in [0.25, 0.3) is 5.67 Å². The second-order valence-electron chi connectivity index (χ2n) is 14.7. The molecule has 0 radical (unpaired) electrons. The molecule has 2 aromatic rings. The number of hydrogen-bond acceptors (Lipinski definition) is 10. The largest absolute Gasteiger partial charge is 0.455 e. The first-order valence-electron chi connectivity index (χ1n) is 17.5. The number of esters is 1. The van der Waals surface area contributed by atoms with Crippen molar-refractivity contribution in [2.75, 3.05) is 25.9 Å². The summed E-state index contributed by atoms with van der Waals surface area (Å²) in [5.41, 5.74) is 3.17. The number of fused-ring (bicyclic) bond motifs is 1. The summed E-state index contributed by atoms with van der Waals surface area (Å²) in [7, 11) is 3.44. The number of cyclic esters (lactones) is 1. The number of aromatic nitrogens is 3. The Morgan fingerprint density at radius 1 is 1.14 bits per heavy atom. The molecule has 0 unspecified atom stereocenters. The zero-order chi connectivity index (χ0) is 36.3. The van der Waals surface area contributed by atoms with Gasteiger partial charge in [0.2, 0.25) is 0 Å². The average molecular weight is 685 g/mol. The molecule has 4 rings (SSSR count). The van der Waals surface area contributed by atoms with Crippen LogP contribution >= 0.6 is 0 Å². The van der Waals surface area contributed by atoms with Crippen molar-refractivity contribution in [3.8, 4) is 11.3 Å². The number of aryl methyl sites for hydroxylation is 1. The Labute approximate surface area is 290 Å². The Morgan fingerprint density at radius 2 is 1.84 bits per heavy atom. The van der Waals surface area contributed by atoms with E-state index < -0.39 is 58.6 Å². The number of unbranched alkanes of at least 4 members (excludes halogenated alkanes) is 1. The molecule has 3 heterocycles. The number of ether oxygens (including phenoxy) is 3. The number of amides is 1. The SMILES string of the molecule is B[C@@H]1[C@H](C)C(=O)[C@](C)(F)C(=O)O[C@H](CC)[C@@]2(C)OC(=O)N(CCCCn3cc(-c4cccc(N)c4)nn3)[C@@H]2[C@@H](C)NC[C@H](C)C[C@@]1(C)OC. The van der Waals surface area contributed by atoms with Crippen molar-refractivity contribution in [2.45, 2.75) is 122 Å². The zero-order valence-corrected chi connectivity index (χ0v) is 30.5. The average Bonchev–Trinajstić information content (AvgIpc) is 3.64. The minimum atomic E-state index is -2.91. The summed E-state index contributed by atoms with van der Waals surface area (Å²) < 4.78 is 35.8. The number of benzene rings is 1. The van der Waals surface area contributed by atoms with Crippen LogP contribution in [0.25, 0.3) is 11.3 Å². The van der Waals surface area contributed by atoms with Crippen LogP contribution in [0.5, 0.6) is 0 Å². The van der Waals surface area contributed by atoms with E-state index >= 15 is 4.39 Å². The molecule has 2 aliphatic heterocycles. The minimum Gasteiger partial charge on any atom is -0.455 e. The van der Waals surface area contributed by atoms with Gasteiger partial charge in [0.05, 0.1) is 17.8 Å². The molecule has 9 atom stereocenters. The van der Waals surface area contributed by atoms with Crippen LogP contribution in [-0.4, -0.2) is 101 Å². The predicted octanol–water partition coefficient (Wildman–Crippen LogP) is 3.99. The van der Waals surface area contributed by atoms with Gasteiger partial charge in [0.15, 0.2) is 11.4 Å². The molecule has 12 nitrogen and oxygen atoms in total. The van der Waals surface area contributed by atoms with Crippen LogP contribution in [0.1, 0.15) is 74.1 Å². The van der Waals surface area contributed by atoms with Crippen LogP contribution in [0.15, 0.2) is 30.5 Å². The number of carbonyl (C=O) groups excluding carboxylic acids is 3. The Balaban J connectivity index is 1.57. The normalized spacial score (nSPS) is 34.9. The van der Waals surface area contributed by atoms with Crippen molar-refractivity contribution < 1.29 is 33.0 Å². The number of nitrogen functional groups attached to an aromatic ring is 1. The number of anilines is 1. The molecule has 0 aliphatic carbocycles. The highest BCUT2D eigenvalue weighted by atomic mass is 19.1. The number of nitrogens with two attached hydrogens (primary N) is 1. The number of methoxy groups -OCH3 is 1. The van der Waals surface area contributed by atoms with Gasteiger partial charge < -0.3 is 25.3 Å². The number of halogens is 1. The highest BCUT2D eigenvalue weighted by Gasteiger charge is 2.59. The molecule has 1 amide bonds. The molecule has 2 fully saturated rings. The van der Waals surface area contributed by atoms with E-state index in [-0.39, 0.29) is 18.4 Å². The number of alkyl halides is 1. The Morgan fingerprint density at radius 3 is 2.49 bits per heavy atom. The first kappa shape index (κ1) is 38.3. The molecular weight excluding hydrogens is 630 g/mol. The van der Waals surface area contributed by atoms with Crippen LogP contribution in [0.4, 0.5) is 14.9 Å². The molecular formula is C35H54BFN6O6. The first-order chi connectivity index (χ1) is 23.0. The van der Waals surface area contributed by atoms with Gasteiger partial charge in [0.1, 0.15) is 19.6 Å². The smallest absolute Gasteiger partial charge is 0.410 e. The van der Waals surface area contributed by atoms with Crippen molar-refractivity contribution >= 4 is 31.4 Å². The third-order valence-corrected chi connectivity index (χ3v) is 10.9. The number of rotatable bonds is 8. The molecule has 2 saturated heterocycles. The van der Waals surface area contributed by atoms with Gasteiger partial charge in [0, 0.05) is 43.4 Å². The quantitative estimate of drug-likeness (QED) is 0.137. The summed E-state index contributed by atoms with van der Waals surface area (Å²) in [6, 6.07) is 6.59. The van der Waals surface area contributed by atoms with Gasteiger partial charge in [-0.3, -0.25) is 14.4 Å². The lowest BCUT2D eigenvalue weighted by Crippen LogP contribution is -2.61. The van der Waals surface area contributed by atoms with Crippen molar-refractivity contribution in [1.29, 1.82) is 0 Å². The summed E-state index contributed by atoms with van der Waals surface area (Å²) in [6.45, 7) is 13.6. The van der Waals surface area contributed by atoms with Crippen LogP contribution in [0.2, 0.25) is 5.82 Å². The highest BCUT2D eigenvalue weighted by molar-refractivity contribution is 6.17. The van der Waals surface area contributed by atoms with E-state index in [0.29, 0.717) is 44.6 Å². The van der Waals surface area contributed by atoms with Gasteiger partial charge in [-0.05, 0) is 83.8 Å². The fourth-order valence-corrected chi connectivity index (χ4v) is 7.62. The fourth-order valence-electron chi connectivity index (χ4n) is 7.62. The maximum absolute atomic E-state index is 16.2. The van der Waals surface area contributed by atoms with Crippen molar-refractivity contribution in [3.63, 3.8) is 0 Å². The second-order valence-corrected chi connectivity index (χ2v) is 14.7. The molecule has 49 heavy (non-hydrogen) atoms. The number of nitrogens with one attached hydrogen (secondary N) is 1. The number of nitrogens with zero attached hydrogens (tertiary/aromatic N) is 4. The van der Waals surface area contributed by atoms with Crippen molar-refractivity contribution in [2.24, 2.45) is 11.8 Å². The van der Waals surface area contributed by atoms with Gasteiger partial charge >= 0.3 is 12.1 Å². The van der Waals surface area contributed by atoms with E-state index in [4.69, 9.17) is 19.9 Å². The Hall–Kier alpha value is -3.52. The summed E-state index contributed by atoms with van der Waals surface area (Å²) in [4.78, 5) is 42.3. The van der Waals surface area contributed by atoms with Gasteiger partial charge in [-0.15, -0.1) is 5.10 Å². The summed E-state index contributed by atoms with van der Waals surface area (Å²) >= 11 is 0. The van der Waals surface area contributed by atoms with Gasteiger partial charge in [-0.1, -0.05) is 38.1 Å².